The van der Waals surface area contributed by atoms with Crippen molar-refractivity contribution in [1.29, 1.82) is 0 Å². The van der Waals surface area contributed by atoms with E-state index in [9.17, 15) is 23.6 Å². The Morgan fingerprint density at radius 3 is 2.67 bits per heavy atom. The standard InChI is InChI=1S/C31H31ClFN7O5/c1-16-7-5-9-22(35-30(43)28-17(2)40(38-37-28)24-10-6-8-21(32)27(24)33)25-13-18(14-26(41)39(25)3)20-12-11-19(34-31(44)45-4)15-23(20)36-29(16)42/h6,8,10-16,22H,5,7,9H2,1-4H3,(H,34,44)(H,35,43)(H,36,42). The van der Waals surface area contributed by atoms with Gasteiger partial charge in [-0.15, -0.1) is 5.10 Å². The van der Waals surface area contributed by atoms with Crippen LogP contribution in [0.15, 0.2) is 53.3 Å². The van der Waals surface area contributed by atoms with Crippen LogP contribution in [0.2, 0.25) is 5.02 Å². The van der Waals surface area contributed by atoms with Crippen LogP contribution in [0.1, 0.15) is 54.1 Å². The topological polar surface area (TPSA) is 149 Å². The summed E-state index contributed by atoms with van der Waals surface area (Å²) in [6.45, 7) is 3.39. The van der Waals surface area contributed by atoms with E-state index in [1.165, 1.54) is 34.6 Å². The molecule has 0 fully saturated rings. The van der Waals surface area contributed by atoms with E-state index in [1.807, 2.05) is 0 Å². The Morgan fingerprint density at radius 2 is 1.91 bits per heavy atom. The van der Waals surface area contributed by atoms with Crippen molar-refractivity contribution < 1.29 is 23.5 Å². The fourth-order valence-electron chi connectivity index (χ4n) is 5.25. The second kappa shape index (κ2) is 12.9. The summed E-state index contributed by atoms with van der Waals surface area (Å²) in [4.78, 5) is 51.8. The molecule has 2 unspecified atom stereocenters. The Hall–Kier alpha value is -5.04. The van der Waals surface area contributed by atoms with Gasteiger partial charge in [0.1, 0.15) is 5.69 Å². The van der Waals surface area contributed by atoms with Gasteiger partial charge in [-0.3, -0.25) is 19.7 Å². The van der Waals surface area contributed by atoms with Crippen LogP contribution in [-0.2, 0) is 16.6 Å². The summed E-state index contributed by atoms with van der Waals surface area (Å²) in [7, 11) is 2.86. The van der Waals surface area contributed by atoms with Crippen molar-refractivity contribution in [3.8, 4) is 16.8 Å². The summed E-state index contributed by atoms with van der Waals surface area (Å²) in [5.74, 6) is -1.89. The first-order chi connectivity index (χ1) is 21.5. The third-order valence-corrected chi connectivity index (χ3v) is 8.12. The summed E-state index contributed by atoms with van der Waals surface area (Å²) in [5.41, 5.74) is 2.32. The van der Waals surface area contributed by atoms with Crippen molar-refractivity contribution in [1.82, 2.24) is 24.9 Å². The first kappa shape index (κ1) is 31.4. The van der Waals surface area contributed by atoms with Gasteiger partial charge in [-0.05, 0) is 55.7 Å². The third-order valence-electron chi connectivity index (χ3n) is 7.83. The lowest BCUT2D eigenvalue weighted by Gasteiger charge is -2.24. The van der Waals surface area contributed by atoms with Crippen LogP contribution in [-0.4, -0.2) is 44.6 Å². The van der Waals surface area contributed by atoms with E-state index < -0.39 is 23.9 Å². The molecule has 3 amide bonds. The van der Waals surface area contributed by atoms with E-state index in [-0.39, 0.29) is 33.8 Å². The number of hydrogen-bond acceptors (Lipinski definition) is 7. The number of amides is 3. The molecule has 45 heavy (non-hydrogen) atoms. The molecular formula is C31H31ClFN7O5. The molecule has 234 valence electrons. The van der Waals surface area contributed by atoms with Gasteiger partial charge in [-0.2, -0.15) is 0 Å². The lowest BCUT2D eigenvalue weighted by atomic mass is 9.95. The Balaban J connectivity index is 1.55. The number of nitrogens with one attached hydrogen (secondary N) is 3. The van der Waals surface area contributed by atoms with Crippen LogP contribution >= 0.6 is 11.6 Å². The van der Waals surface area contributed by atoms with Crippen molar-refractivity contribution in [3.63, 3.8) is 0 Å². The van der Waals surface area contributed by atoms with Gasteiger partial charge in [-0.1, -0.05) is 42.3 Å². The number of aromatic nitrogens is 4. The third kappa shape index (κ3) is 6.43. The lowest BCUT2D eigenvalue weighted by molar-refractivity contribution is -0.119. The van der Waals surface area contributed by atoms with Crippen LogP contribution in [0.5, 0.6) is 0 Å². The molecule has 12 nitrogen and oxygen atoms in total. The molecular weight excluding hydrogens is 605 g/mol. The molecule has 0 radical (unpaired) electrons. The maximum atomic E-state index is 14.7. The van der Waals surface area contributed by atoms with E-state index in [4.69, 9.17) is 11.6 Å². The van der Waals surface area contributed by atoms with Crippen molar-refractivity contribution >= 4 is 40.9 Å². The van der Waals surface area contributed by atoms with Gasteiger partial charge in [0.15, 0.2) is 11.5 Å². The normalized spacial score (nSPS) is 16.4. The van der Waals surface area contributed by atoms with Gasteiger partial charge in [0.05, 0.1) is 29.6 Å². The minimum absolute atomic E-state index is 0.0228. The number of pyridine rings is 1. The first-order valence-corrected chi connectivity index (χ1v) is 14.5. The zero-order chi connectivity index (χ0) is 32.4. The minimum Gasteiger partial charge on any atom is -0.453 e. The van der Waals surface area contributed by atoms with E-state index >= 15 is 0 Å². The predicted molar refractivity (Wildman–Crippen MR) is 166 cm³/mol. The van der Waals surface area contributed by atoms with Gasteiger partial charge in [0.2, 0.25) is 5.91 Å². The Labute approximate surface area is 262 Å². The van der Waals surface area contributed by atoms with Crippen LogP contribution in [0.25, 0.3) is 16.8 Å². The SMILES string of the molecule is COC(=O)Nc1ccc2c(c1)NC(=O)C(C)CCCC(NC(=O)c1nnn(-c3cccc(Cl)c3F)c1C)c1cc-2cc(=O)n1C. The van der Waals surface area contributed by atoms with Gasteiger partial charge < -0.3 is 19.9 Å². The molecule has 2 aromatic carbocycles. The molecule has 1 aliphatic rings. The second-order valence-corrected chi connectivity index (χ2v) is 11.2. The molecule has 14 heteroatoms. The maximum Gasteiger partial charge on any atom is 0.411 e. The lowest BCUT2D eigenvalue weighted by Crippen LogP contribution is -2.34. The fourth-order valence-corrected chi connectivity index (χ4v) is 5.42. The zero-order valence-electron chi connectivity index (χ0n) is 25.0. The van der Waals surface area contributed by atoms with Gasteiger partial charge >= 0.3 is 6.09 Å². The van der Waals surface area contributed by atoms with Crippen molar-refractivity contribution in [2.45, 2.75) is 39.2 Å². The molecule has 5 rings (SSSR count). The number of ether oxygens (including phenoxy) is 1. The smallest absolute Gasteiger partial charge is 0.411 e. The number of anilines is 2. The van der Waals surface area contributed by atoms with Crippen molar-refractivity contribution in [2.24, 2.45) is 13.0 Å². The van der Waals surface area contributed by atoms with E-state index in [2.05, 4.69) is 31.0 Å². The number of halogens is 2. The number of carbonyl (C=O) groups excluding carboxylic acids is 3. The Bertz CT molecular complexity index is 1870. The summed E-state index contributed by atoms with van der Waals surface area (Å²) in [6.07, 6.45) is 0.759. The quantitative estimate of drug-likeness (QED) is 0.281. The molecule has 0 saturated carbocycles. The number of benzene rings is 2. The van der Waals surface area contributed by atoms with Gasteiger partial charge in [-0.25, -0.2) is 13.9 Å². The average molecular weight is 636 g/mol. The highest BCUT2D eigenvalue weighted by Gasteiger charge is 2.26. The molecule has 2 bridgehead atoms. The van der Waals surface area contributed by atoms with E-state index in [0.29, 0.717) is 53.2 Å². The molecule has 3 heterocycles. The molecule has 2 atom stereocenters. The van der Waals surface area contributed by atoms with Gasteiger partial charge in [0, 0.05) is 36.0 Å². The number of hydrogen-bond donors (Lipinski definition) is 3. The van der Waals surface area contributed by atoms with Gasteiger partial charge in [0.25, 0.3) is 11.5 Å². The second-order valence-electron chi connectivity index (χ2n) is 10.8. The number of fused-ring (bicyclic) bond motifs is 4. The van der Waals surface area contributed by atoms with Crippen molar-refractivity contribution in [2.75, 3.05) is 17.7 Å². The van der Waals surface area contributed by atoms with E-state index in [0.717, 1.165) is 0 Å². The molecule has 0 spiro atoms. The highest BCUT2D eigenvalue weighted by atomic mass is 35.5. The van der Waals surface area contributed by atoms with Crippen LogP contribution in [0.3, 0.4) is 0 Å². The van der Waals surface area contributed by atoms with Crippen LogP contribution in [0.4, 0.5) is 20.6 Å². The first-order valence-electron chi connectivity index (χ1n) is 14.2. The maximum absolute atomic E-state index is 14.7. The number of nitrogens with zero attached hydrogens (tertiary/aromatic N) is 4. The Morgan fingerprint density at radius 1 is 1.13 bits per heavy atom. The molecule has 2 aromatic heterocycles. The molecule has 1 aliphatic heterocycles. The average Bonchev–Trinajstić information content (AvgIpc) is 3.39. The monoisotopic (exact) mass is 635 g/mol. The Kier molecular flexibility index (Phi) is 9.00. The highest BCUT2D eigenvalue weighted by Crippen LogP contribution is 2.34. The molecule has 4 aromatic rings. The zero-order valence-corrected chi connectivity index (χ0v) is 25.7. The summed E-state index contributed by atoms with van der Waals surface area (Å²) in [6, 6.07) is 11.9. The van der Waals surface area contributed by atoms with Crippen LogP contribution in [0, 0.1) is 18.7 Å². The number of rotatable bonds is 4. The van der Waals surface area contributed by atoms with E-state index in [1.54, 1.807) is 51.2 Å². The summed E-state index contributed by atoms with van der Waals surface area (Å²) >= 11 is 5.94. The number of carbonyl (C=O) groups is 3. The predicted octanol–water partition coefficient (Wildman–Crippen LogP) is 5.14. The van der Waals surface area contributed by atoms with Crippen molar-refractivity contribution in [3.05, 3.63) is 86.8 Å². The molecule has 0 aliphatic carbocycles. The highest BCUT2D eigenvalue weighted by molar-refractivity contribution is 6.30. The summed E-state index contributed by atoms with van der Waals surface area (Å²) in [5, 5.41) is 16.4. The number of methoxy groups -OCH3 is 1. The summed E-state index contributed by atoms with van der Waals surface area (Å²) < 4.78 is 22.1. The van der Waals surface area contributed by atoms with Crippen LogP contribution < -0.4 is 21.5 Å². The fraction of sp³-hybridized carbons (Fsp3) is 0.290. The minimum atomic E-state index is -0.697. The largest absolute Gasteiger partial charge is 0.453 e. The molecule has 0 saturated heterocycles. The molecule has 3 N–H and O–H groups in total.